The molecule has 0 aromatic heterocycles. The predicted molar refractivity (Wildman–Crippen MR) is 57.7 cm³/mol. The van der Waals surface area contributed by atoms with E-state index in [-0.39, 0.29) is 11.3 Å². The molecule has 0 atom stereocenters. The van der Waals surface area contributed by atoms with Crippen LogP contribution in [-0.4, -0.2) is 28.4 Å². The van der Waals surface area contributed by atoms with Gasteiger partial charge < -0.3 is 20.1 Å². The van der Waals surface area contributed by atoms with Crippen molar-refractivity contribution in [1.29, 1.82) is 0 Å². The van der Waals surface area contributed by atoms with Crippen molar-refractivity contribution in [2.75, 3.05) is 7.11 Å². The molecule has 1 aromatic rings. The van der Waals surface area contributed by atoms with Gasteiger partial charge in [-0.2, -0.15) is 0 Å². The van der Waals surface area contributed by atoms with Crippen LogP contribution in [0.2, 0.25) is 0 Å². The van der Waals surface area contributed by atoms with Crippen LogP contribution >= 0.6 is 0 Å². The van der Waals surface area contributed by atoms with Crippen molar-refractivity contribution in [3.63, 3.8) is 0 Å². The molecule has 0 spiro atoms. The van der Waals surface area contributed by atoms with Crippen molar-refractivity contribution in [2.24, 2.45) is 0 Å². The number of phenolic OH excluding ortho intramolecular Hbond substituents is 2. The van der Waals surface area contributed by atoms with E-state index in [2.05, 4.69) is 0 Å². The van der Waals surface area contributed by atoms with Gasteiger partial charge in [-0.15, -0.1) is 0 Å². The lowest BCUT2D eigenvalue weighted by atomic mass is 10.1. The molecule has 0 unspecified atom stereocenters. The molecule has 0 saturated heterocycles. The minimum atomic E-state index is -1.13. The molecule has 0 radical (unpaired) electrons. The van der Waals surface area contributed by atoms with Crippen LogP contribution in [0.15, 0.2) is 12.1 Å². The number of carbonyl (C=O) groups is 1. The highest BCUT2D eigenvalue weighted by atomic mass is 16.5. The summed E-state index contributed by atoms with van der Waals surface area (Å²) in [6.45, 7) is 1.68. The Labute approximate surface area is 92.2 Å². The summed E-state index contributed by atoms with van der Waals surface area (Å²) in [7, 11) is 1.37. The van der Waals surface area contributed by atoms with Gasteiger partial charge in [0.2, 0.25) is 5.75 Å². The van der Waals surface area contributed by atoms with Crippen molar-refractivity contribution in [2.45, 2.75) is 6.92 Å². The summed E-state index contributed by atoms with van der Waals surface area (Å²) in [6.07, 6.45) is 2.07. The number of rotatable bonds is 3. The topological polar surface area (TPSA) is 87.0 Å². The van der Waals surface area contributed by atoms with Gasteiger partial charge in [0.25, 0.3) is 0 Å². The Bertz CT molecular complexity index is 448. The second kappa shape index (κ2) is 4.57. The lowest BCUT2D eigenvalue weighted by Crippen LogP contribution is -1.91. The molecule has 0 aliphatic carbocycles. The molecule has 3 N–H and O–H groups in total. The second-order valence-corrected chi connectivity index (χ2v) is 3.18. The van der Waals surface area contributed by atoms with Gasteiger partial charge in [0.1, 0.15) is 0 Å². The molecule has 0 bridgehead atoms. The van der Waals surface area contributed by atoms with Crippen molar-refractivity contribution in [3.8, 4) is 17.2 Å². The summed E-state index contributed by atoms with van der Waals surface area (Å²) in [5, 5.41) is 27.6. The quantitative estimate of drug-likeness (QED) is 0.535. The zero-order valence-corrected chi connectivity index (χ0v) is 8.89. The molecule has 0 amide bonds. The van der Waals surface area contributed by atoms with Crippen LogP contribution in [0.5, 0.6) is 17.2 Å². The molecule has 1 rings (SSSR count). The summed E-state index contributed by atoms with van der Waals surface area (Å²) < 4.78 is 4.89. The Morgan fingerprint density at radius 1 is 1.38 bits per heavy atom. The summed E-state index contributed by atoms with van der Waals surface area (Å²) in [5.74, 6) is -1.76. The van der Waals surface area contributed by atoms with Crippen LogP contribution in [0.4, 0.5) is 0 Å². The summed E-state index contributed by atoms with van der Waals surface area (Å²) >= 11 is 0. The normalized spacial score (nSPS) is 10.6. The number of aliphatic carboxylic acids is 1. The Hall–Kier alpha value is -2.17. The van der Waals surface area contributed by atoms with Crippen molar-refractivity contribution in [1.82, 2.24) is 0 Å². The fourth-order valence-electron chi connectivity index (χ4n) is 1.34. The van der Waals surface area contributed by atoms with Gasteiger partial charge in [0, 0.05) is 11.6 Å². The van der Waals surface area contributed by atoms with Gasteiger partial charge in [-0.3, -0.25) is 0 Å². The third kappa shape index (κ3) is 2.25. The smallest absolute Gasteiger partial charge is 0.328 e. The minimum Gasteiger partial charge on any atom is -0.504 e. The number of aryl methyl sites for hydroxylation is 1. The molecule has 5 heteroatoms. The van der Waals surface area contributed by atoms with E-state index in [0.717, 1.165) is 6.08 Å². The first-order chi connectivity index (χ1) is 7.47. The maximum atomic E-state index is 10.3. The maximum absolute atomic E-state index is 10.3. The number of aromatic hydroxyl groups is 2. The Morgan fingerprint density at radius 2 is 2.00 bits per heavy atom. The fourth-order valence-corrected chi connectivity index (χ4v) is 1.34. The Morgan fingerprint density at radius 3 is 2.50 bits per heavy atom. The highest BCUT2D eigenvalue weighted by molar-refractivity contribution is 5.86. The third-order valence-corrected chi connectivity index (χ3v) is 2.05. The van der Waals surface area contributed by atoms with Crippen molar-refractivity contribution in [3.05, 3.63) is 23.3 Å². The van der Waals surface area contributed by atoms with E-state index in [9.17, 15) is 15.0 Å². The van der Waals surface area contributed by atoms with E-state index in [4.69, 9.17) is 9.84 Å². The van der Waals surface area contributed by atoms with Crippen LogP contribution in [0, 0.1) is 6.92 Å². The lowest BCUT2D eigenvalue weighted by molar-refractivity contribution is -0.131. The van der Waals surface area contributed by atoms with Crippen molar-refractivity contribution < 1.29 is 24.9 Å². The largest absolute Gasteiger partial charge is 0.504 e. The number of hydrogen-bond acceptors (Lipinski definition) is 4. The summed E-state index contributed by atoms with van der Waals surface area (Å²) in [4.78, 5) is 10.3. The number of methoxy groups -OCH3 is 1. The van der Waals surface area contributed by atoms with E-state index in [1.165, 1.54) is 19.3 Å². The lowest BCUT2D eigenvalue weighted by Gasteiger charge is -2.10. The zero-order chi connectivity index (χ0) is 12.3. The first-order valence-electron chi connectivity index (χ1n) is 4.48. The Balaban J connectivity index is 3.28. The molecule has 0 fully saturated rings. The number of benzene rings is 1. The number of hydrogen-bond donors (Lipinski definition) is 3. The van der Waals surface area contributed by atoms with Crippen LogP contribution in [0.25, 0.3) is 6.08 Å². The number of carboxylic acid groups (broad SMARTS) is 1. The van der Waals surface area contributed by atoms with E-state index in [0.29, 0.717) is 5.56 Å². The van der Waals surface area contributed by atoms with E-state index in [1.54, 1.807) is 6.92 Å². The molecular weight excluding hydrogens is 212 g/mol. The fraction of sp³-hybridized carbons (Fsp3) is 0.182. The molecule has 0 heterocycles. The molecule has 0 aliphatic rings. The van der Waals surface area contributed by atoms with Gasteiger partial charge in [-0.1, -0.05) is 0 Å². The summed E-state index contributed by atoms with van der Waals surface area (Å²) in [5.41, 5.74) is 0.820. The Kier molecular flexibility index (Phi) is 3.40. The summed E-state index contributed by atoms with van der Waals surface area (Å²) in [6, 6.07) is 1.52. The van der Waals surface area contributed by atoms with Crippen LogP contribution in [0.1, 0.15) is 11.1 Å². The zero-order valence-electron chi connectivity index (χ0n) is 8.89. The molecule has 86 valence electrons. The number of carboxylic acids is 1. The highest BCUT2D eigenvalue weighted by Crippen LogP contribution is 2.41. The number of phenols is 2. The SMILES string of the molecule is COc1c(C)cc(C=CC(=O)O)c(O)c1O. The van der Waals surface area contributed by atoms with Gasteiger partial charge in [-0.05, 0) is 24.6 Å². The average molecular weight is 224 g/mol. The van der Waals surface area contributed by atoms with E-state index >= 15 is 0 Å². The minimum absolute atomic E-state index is 0.171. The standard InChI is InChI=1S/C11H12O5/c1-6-5-7(3-4-8(12)13)9(14)10(15)11(6)16-2/h3-5,14-15H,1-2H3,(H,12,13). The molecule has 1 aromatic carbocycles. The molecule has 5 nitrogen and oxygen atoms in total. The van der Waals surface area contributed by atoms with Gasteiger partial charge >= 0.3 is 5.97 Å². The molecule has 0 saturated carbocycles. The second-order valence-electron chi connectivity index (χ2n) is 3.18. The first-order valence-corrected chi connectivity index (χ1v) is 4.48. The van der Waals surface area contributed by atoms with Gasteiger partial charge in [0.15, 0.2) is 11.5 Å². The van der Waals surface area contributed by atoms with Crippen LogP contribution in [-0.2, 0) is 4.79 Å². The molecule has 16 heavy (non-hydrogen) atoms. The van der Waals surface area contributed by atoms with E-state index < -0.39 is 17.5 Å². The predicted octanol–water partition coefficient (Wildman–Crippen LogP) is 1.51. The van der Waals surface area contributed by atoms with Gasteiger partial charge in [0.05, 0.1) is 7.11 Å². The monoisotopic (exact) mass is 224 g/mol. The first kappa shape index (κ1) is 11.9. The maximum Gasteiger partial charge on any atom is 0.328 e. The average Bonchev–Trinajstić information content (AvgIpc) is 2.22. The third-order valence-electron chi connectivity index (χ3n) is 2.05. The van der Waals surface area contributed by atoms with Crippen molar-refractivity contribution >= 4 is 12.0 Å². The van der Waals surface area contributed by atoms with Crippen LogP contribution in [0.3, 0.4) is 0 Å². The van der Waals surface area contributed by atoms with Gasteiger partial charge in [-0.25, -0.2) is 4.79 Å². The highest BCUT2D eigenvalue weighted by Gasteiger charge is 2.14. The van der Waals surface area contributed by atoms with E-state index in [1.807, 2.05) is 0 Å². The molecular formula is C11H12O5. The molecule has 0 aliphatic heterocycles. The van der Waals surface area contributed by atoms with Crippen LogP contribution < -0.4 is 4.74 Å². The number of ether oxygens (including phenoxy) is 1.